The Morgan fingerprint density at radius 3 is 2.25 bits per heavy atom. The van der Waals surface area contributed by atoms with Crippen molar-refractivity contribution in [2.24, 2.45) is 11.8 Å². The third-order valence-corrected chi connectivity index (χ3v) is 4.48. The number of rotatable bonds is 7. The van der Waals surface area contributed by atoms with Crippen LogP contribution in [0.1, 0.15) is 65.7 Å². The number of hydrogen-bond acceptors (Lipinski definition) is 2. The quantitative estimate of drug-likeness (QED) is 0.780. The van der Waals surface area contributed by atoms with Crippen LogP contribution >= 0.6 is 0 Å². The van der Waals surface area contributed by atoms with E-state index in [2.05, 4.69) is 20.8 Å². The highest BCUT2D eigenvalue weighted by atomic mass is 16.4. The Morgan fingerprint density at radius 2 is 1.80 bits per heavy atom. The lowest BCUT2D eigenvalue weighted by Gasteiger charge is -2.38. The predicted octanol–water partition coefficient (Wildman–Crippen LogP) is 3.30. The van der Waals surface area contributed by atoms with Crippen LogP contribution in [0.4, 0.5) is 0 Å². The van der Waals surface area contributed by atoms with Gasteiger partial charge in [0.1, 0.15) is 6.04 Å². The summed E-state index contributed by atoms with van der Waals surface area (Å²) in [4.78, 5) is 25.8. The summed E-state index contributed by atoms with van der Waals surface area (Å²) in [5, 5.41) is 9.42. The van der Waals surface area contributed by atoms with E-state index in [1.165, 1.54) is 0 Å². The number of amides is 1. The monoisotopic (exact) mass is 283 g/mol. The van der Waals surface area contributed by atoms with Gasteiger partial charge in [0.05, 0.1) is 0 Å². The van der Waals surface area contributed by atoms with E-state index in [9.17, 15) is 14.7 Å². The highest BCUT2D eigenvalue weighted by Gasteiger charge is 2.37. The number of aliphatic carboxylic acids is 1. The number of carboxylic acids is 1. The lowest BCUT2D eigenvalue weighted by atomic mass is 9.87. The summed E-state index contributed by atoms with van der Waals surface area (Å²) in [5.74, 6) is -0.333. The summed E-state index contributed by atoms with van der Waals surface area (Å²) in [5.41, 5.74) is 0. The average Bonchev–Trinajstić information content (AvgIpc) is 2.45. The molecule has 0 aliphatic carbocycles. The Kier molecular flexibility index (Phi) is 7.03. The molecule has 1 fully saturated rings. The van der Waals surface area contributed by atoms with Gasteiger partial charge in [0.25, 0.3) is 0 Å². The second-order valence-corrected chi connectivity index (χ2v) is 5.96. The van der Waals surface area contributed by atoms with Crippen molar-refractivity contribution in [1.82, 2.24) is 4.90 Å². The van der Waals surface area contributed by atoms with Crippen molar-refractivity contribution >= 4 is 11.9 Å². The number of nitrogens with zero attached hydrogens (tertiary/aromatic N) is 1. The zero-order valence-corrected chi connectivity index (χ0v) is 13.1. The highest BCUT2D eigenvalue weighted by Crippen LogP contribution is 2.28. The van der Waals surface area contributed by atoms with Crippen molar-refractivity contribution in [2.45, 2.75) is 71.8 Å². The summed E-state index contributed by atoms with van der Waals surface area (Å²) in [6, 6.07) is -0.614. The molecule has 0 aromatic rings. The minimum atomic E-state index is -0.844. The molecule has 1 aliphatic heterocycles. The maximum atomic E-state index is 12.7. The second kappa shape index (κ2) is 8.28. The Morgan fingerprint density at radius 1 is 1.20 bits per heavy atom. The molecule has 0 radical (unpaired) electrons. The molecule has 0 aromatic carbocycles. The van der Waals surface area contributed by atoms with Crippen molar-refractivity contribution in [3.63, 3.8) is 0 Å². The Bertz CT molecular complexity index is 324. The SMILES string of the molecule is CCCC(CCC)C(=O)N1CCC(CC)CC1C(=O)O. The molecule has 1 saturated heterocycles. The highest BCUT2D eigenvalue weighted by molar-refractivity contribution is 5.85. The van der Waals surface area contributed by atoms with Gasteiger partial charge in [-0.15, -0.1) is 0 Å². The van der Waals surface area contributed by atoms with Crippen LogP contribution in [0.2, 0.25) is 0 Å². The van der Waals surface area contributed by atoms with E-state index < -0.39 is 12.0 Å². The van der Waals surface area contributed by atoms with Crippen LogP contribution in [0.25, 0.3) is 0 Å². The molecule has 1 N–H and O–H groups in total. The Hall–Kier alpha value is -1.06. The number of hydrogen-bond donors (Lipinski definition) is 1. The van der Waals surface area contributed by atoms with E-state index in [0.29, 0.717) is 18.9 Å². The zero-order chi connectivity index (χ0) is 15.1. The van der Waals surface area contributed by atoms with Gasteiger partial charge in [0.15, 0.2) is 0 Å². The van der Waals surface area contributed by atoms with Crippen molar-refractivity contribution in [1.29, 1.82) is 0 Å². The van der Waals surface area contributed by atoms with Gasteiger partial charge in [-0.05, 0) is 31.6 Å². The van der Waals surface area contributed by atoms with Crippen molar-refractivity contribution in [2.75, 3.05) is 6.54 Å². The summed E-state index contributed by atoms with van der Waals surface area (Å²) in [6.45, 7) is 6.86. The molecule has 0 saturated carbocycles. The molecule has 0 spiro atoms. The molecule has 4 heteroatoms. The van der Waals surface area contributed by atoms with E-state index in [4.69, 9.17) is 0 Å². The van der Waals surface area contributed by atoms with Gasteiger partial charge in [-0.1, -0.05) is 40.0 Å². The molecule has 1 heterocycles. The fraction of sp³-hybridized carbons (Fsp3) is 0.875. The fourth-order valence-corrected chi connectivity index (χ4v) is 3.23. The Labute approximate surface area is 122 Å². The second-order valence-electron chi connectivity index (χ2n) is 5.96. The number of carboxylic acid groups (broad SMARTS) is 1. The van der Waals surface area contributed by atoms with Crippen LogP contribution in [0, 0.1) is 11.8 Å². The molecular weight excluding hydrogens is 254 g/mol. The van der Waals surface area contributed by atoms with Gasteiger partial charge < -0.3 is 10.0 Å². The number of piperidine rings is 1. The van der Waals surface area contributed by atoms with Crippen LogP contribution in [-0.2, 0) is 9.59 Å². The first-order valence-electron chi connectivity index (χ1n) is 8.08. The molecule has 4 nitrogen and oxygen atoms in total. The lowest BCUT2D eigenvalue weighted by Crippen LogP contribution is -2.52. The van der Waals surface area contributed by atoms with E-state index in [1.807, 2.05) is 0 Å². The van der Waals surface area contributed by atoms with Crippen LogP contribution in [0.15, 0.2) is 0 Å². The smallest absolute Gasteiger partial charge is 0.326 e. The lowest BCUT2D eigenvalue weighted by molar-refractivity contribution is -0.155. The summed E-state index contributed by atoms with van der Waals surface area (Å²) < 4.78 is 0. The first kappa shape index (κ1) is 17.0. The molecule has 1 aliphatic rings. The van der Waals surface area contributed by atoms with E-state index in [1.54, 1.807) is 4.90 Å². The van der Waals surface area contributed by atoms with Crippen LogP contribution in [0.3, 0.4) is 0 Å². The van der Waals surface area contributed by atoms with Crippen molar-refractivity contribution in [3.05, 3.63) is 0 Å². The van der Waals surface area contributed by atoms with Gasteiger partial charge in [-0.25, -0.2) is 4.79 Å². The van der Waals surface area contributed by atoms with Crippen LogP contribution < -0.4 is 0 Å². The summed E-state index contributed by atoms with van der Waals surface area (Å²) >= 11 is 0. The molecule has 0 bridgehead atoms. The van der Waals surface area contributed by atoms with Crippen LogP contribution in [0.5, 0.6) is 0 Å². The Balaban J connectivity index is 2.79. The first-order valence-corrected chi connectivity index (χ1v) is 8.08. The van der Waals surface area contributed by atoms with E-state index >= 15 is 0 Å². The zero-order valence-electron chi connectivity index (χ0n) is 13.1. The maximum absolute atomic E-state index is 12.7. The minimum Gasteiger partial charge on any atom is -0.480 e. The summed E-state index contributed by atoms with van der Waals surface area (Å²) in [6.07, 6.45) is 6.23. The molecule has 116 valence electrons. The number of carbonyl (C=O) groups is 2. The fourth-order valence-electron chi connectivity index (χ4n) is 3.23. The number of likely N-dealkylation sites (tertiary alicyclic amines) is 1. The first-order chi connectivity index (χ1) is 9.54. The van der Waals surface area contributed by atoms with Crippen molar-refractivity contribution < 1.29 is 14.7 Å². The maximum Gasteiger partial charge on any atom is 0.326 e. The molecule has 1 amide bonds. The van der Waals surface area contributed by atoms with Crippen molar-refractivity contribution in [3.8, 4) is 0 Å². The average molecular weight is 283 g/mol. The molecule has 1 rings (SSSR count). The summed E-state index contributed by atoms with van der Waals surface area (Å²) in [7, 11) is 0. The third-order valence-electron chi connectivity index (χ3n) is 4.48. The van der Waals surface area contributed by atoms with E-state index in [-0.39, 0.29) is 11.8 Å². The predicted molar refractivity (Wildman–Crippen MR) is 79.5 cm³/mol. The largest absolute Gasteiger partial charge is 0.480 e. The molecular formula is C16H29NO3. The van der Waals surface area contributed by atoms with E-state index in [0.717, 1.165) is 38.5 Å². The van der Waals surface area contributed by atoms with Gasteiger partial charge >= 0.3 is 5.97 Å². The molecule has 0 aromatic heterocycles. The molecule has 2 unspecified atom stereocenters. The molecule has 20 heavy (non-hydrogen) atoms. The van der Waals surface area contributed by atoms with Gasteiger partial charge in [0.2, 0.25) is 5.91 Å². The topological polar surface area (TPSA) is 57.6 Å². The molecule has 2 atom stereocenters. The normalized spacial score (nSPS) is 23.1. The third kappa shape index (κ3) is 4.22. The van der Waals surface area contributed by atoms with Gasteiger partial charge in [-0.2, -0.15) is 0 Å². The van der Waals surface area contributed by atoms with Gasteiger partial charge in [0, 0.05) is 12.5 Å². The van der Waals surface area contributed by atoms with Gasteiger partial charge in [-0.3, -0.25) is 4.79 Å². The number of carbonyl (C=O) groups excluding carboxylic acids is 1. The standard InChI is InChI=1S/C16H29NO3/c1-4-7-13(8-5-2)15(18)17-10-9-12(6-3)11-14(17)16(19)20/h12-14H,4-11H2,1-3H3,(H,19,20). The minimum absolute atomic E-state index is 0.00465. The van der Waals surface area contributed by atoms with Crippen LogP contribution in [-0.4, -0.2) is 34.5 Å².